The molecule has 1 unspecified atom stereocenters. The fraction of sp³-hybridized carbons (Fsp3) is 0.321. The number of hydrogen-bond acceptors (Lipinski definition) is 5. The zero-order valence-corrected chi connectivity index (χ0v) is 21.3. The highest BCUT2D eigenvalue weighted by Gasteiger charge is 2.30. The van der Waals surface area contributed by atoms with Crippen LogP contribution in [-0.4, -0.2) is 29.3 Å². The molecule has 1 saturated heterocycles. The van der Waals surface area contributed by atoms with Gasteiger partial charge in [0.05, 0.1) is 28.5 Å². The van der Waals surface area contributed by atoms with E-state index >= 15 is 4.39 Å². The molecule has 2 heterocycles. The van der Waals surface area contributed by atoms with Gasteiger partial charge in [-0.15, -0.1) is 0 Å². The first-order chi connectivity index (χ1) is 17.2. The lowest BCUT2D eigenvalue weighted by molar-refractivity contribution is 0.328. The molecule has 188 valence electrons. The van der Waals surface area contributed by atoms with E-state index in [2.05, 4.69) is 33.8 Å². The van der Waals surface area contributed by atoms with Gasteiger partial charge in [-0.05, 0) is 63.1 Å². The molecule has 0 saturated carbocycles. The molecule has 2 N–H and O–H groups in total. The number of anilines is 2. The highest BCUT2D eigenvalue weighted by molar-refractivity contribution is 5.81. The molecule has 3 rings (SSSR count). The van der Waals surface area contributed by atoms with Gasteiger partial charge >= 0.3 is 0 Å². The smallest absolute Gasteiger partial charge is 0.153 e. The summed E-state index contributed by atoms with van der Waals surface area (Å²) in [7, 11) is 1.70. The van der Waals surface area contributed by atoms with Gasteiger partial charge in [-0.25, -0.2) is 8.78 Å². The fourth-order valence-electron chi connectivity index (χ4n) is 4.39. The predicted octanol–water partition coefficient (Wildman–Crippen LogP) is 6.29. The molecule has 36 heavy (non-hydrogen) atoms. The highest BCUT2D eigenvalue weighted by atomic mass is 19.1. The van der Waals surface area contributed by atoms with Crippen LogP contribution in [0.3, 0.4) is 0 Å². The van der Waals surface area contributed by atoms with Crippen LogP contribution in [0.1, 0.15) is 56.4 Å². The maximum absolute atomic E-state index is 15.7. The summed E-state index contributed by atoms with van der Waals surface area (Å²) in [5.41, 5.74) is 4.44. The second kappa shape index (κ2) is 11.6. The first-order valence-corrected chi connectivity index (χ1v) is 11.9. The summed E-state index contributed by atoms with van der Waals surface area (Å²) >= 11 is 0. The van der Waals surface area contributed by atoms with Crippen molar-refractivity contribution in [3.63, 3.8) is 0 Å². The van der Waals surface area contributed by atoms with Gasteiger partial charge in [0.1, 0.15) is 11.9 Å². The number of likely N-dealkylation sites (tertiary alicyclic amines) is 1. The molecule has 2 aromatic rings. The van der Waals surface area contributed by atoms with E-state index in [1.54, 1.807) is 19.3 Å². The number of hydrogen-bond donors (Lipinski definition) is 2. The third-order valence-corrected chi connectivity index (χ3v) is 6.50. The number of allylic oxidation sites excluding steroid dienone is 2. The number of piperidine rings is 1. The topological polar surface area (TPSA) is 76.3 Å². The molecule has 1 atom stereocenters. The maximum Gasteiger partial charge on any atom is 0.153 e. The van der Waals surface area contributed by atoms with Crippen LogP contribution in [0, 0.1) is 23.0 Å². The van der Waals surface area contributed by atoms with Gasteiger partial charge in [0.15, 0.2) is 5.82 Å². The summed E-state index contributed by atoms with van der Waals surface area (Å²) in [6.07, 6.45) is 4.93. The van der Waals surface area contributed by atoms with E-state index in [-0.39, 0.29) is 17.2 Å². The SMILES string of the molecule is C=CN1CC(c2c(F)ccc(Nc3cc(C#N)cnc3CC)c2F)CC/C1=C(/C)C(=C)NC(C)=NC. The fourth-order valence-corrected chi connectivity index (χ4v) is 4.39. The number of amidine groups is 1. The first kappa shape index (κ1) is 26.6. The lowest BCUT2D eigenvalue weighted by atomic mass is 9.87. The lowest BCUT2D eigenvalue weighted by Gasteiger charge is -2.36. The zero-order valence-electron chi connectivity index (χ0n) is 21.3. The molecular formula is C28H32F2N6. The van der Waals surface area contributed by atoms with Crippen LogP contribution < -0.4 is 10.6 Å². The lowest BCUT2D eigenvalue weighted by Crippen LogP contribution is -2.31. The van der Waals surface area contributed by atoms with Crippen molar-refractivity contribution in [2.45, 2.75) is 46.0 Å². The number of nitrogens with one attached hydrogen (secondary N) is 2. The Labute approximate surface area is 211 Å². The van der Waals surface area contributed by atoms with Crippen molar-refractivity contribution >= 4 is 17.2 Å². The molecule has 6 nitrogen and oxygen atoms in total. The third-order valence-electron chi connectivity index (χ3n) is 6.50. The van der Waals surface area contributed by atoms with E-state index in [0.717, 1.165) is 22.8 Å². The molecule has 0 spiro atoms. The Morgan fingerprint density at radius 2 is 2.08 bits per heavy atom. The number of aryl methyl sites for hydroxylation is 1. The van der Waals surface area contributed by atoms with Crippen LogP contribution in [-0.2, 0) is 6.42 Å². The normalized spacial score (nSPS) is 17.3. The van der Waals surface area contributed by atoms with Crippen LogP contribution in [0.2, 0.25) is 0 Å². The number of pyridine rings is 1. The molecule has 0 aliphatic carbocycles. The molecule has 1 aromatic carbocycles. The van der Waals surface area contributed by atoms with Gasteiger partial charge in [0, 0.05) is 42.7 Å². The summed E-state index contributed by atoms with van der Waals surface area (Å²) in [6.45, 7) is 14.1. The number of nitrogens with zero attached hydrogens (tertiary/aromatic N) is 4. The van der Waals surface area contributed by atoms with Crippen LogP contribution in [0.4, 0.5) is 20.2 Å². The van der Waals surface area contributed by atoms with Gasteiger partial charge in [-0.2, -0.15) is 5.26 Å². The van der Waals surface area contributed by atoms with Crippen molar-refractivity contribution in [2.75, 3.05) is 18.9 Å². The van der Waals surface area contributed by atoms with E-state index < -0.39 is 11.6 Å². The average Bonchev–Trinajstić information content (AvgIpc) is 2.89. The number of aliphatic imine (C=N–C) groups is 1. The van der Waals surface area contributed by atoms with Crippen molar-refractivity contribution in [1.29, 1.82) is 5.26 Å². The standard InChI is InChI=1S/C28H32F2N6/c1-7-23-25(13-20(14-31)15-33-23)35-24-11-10-22(29)27(28(24)30)21-9-12-26(36(8-2)16-21)17(3)18(4)34-19(5)32-6/h8,10-11,13,15,21,35H,2,4,7,9,12,16H2,1,3,5-6H3,(H,32,34)/b26-17+. The Balaban J connectivity index is 1.91. The average molecular weight is 491 g/mol. The number of rotatable bonds is 7. The van der Waals surface area contributed by atoms with E-state index in [9.17, 15) is 9.65 Å². The highest BCUT2D eigenvalue weighted by Crippen LogP contribution is 2.38. The summed E-state index contributed by atoms with van der Waals surface area (Å²) in [6, 6.07) is 6.33. The molecule has 0 amide bonds. The second-order valence-electron chi connectivity index (χ2n) is 8.69. The molecular weight excluding hydrogens is 458 g/mol. The van der Waals surface area contributed by atoms with Crippen molar-refractivity contribution in [2.24, 2.45) is 4.99 Å². The van der Waals surface area contributed by atoms with E-state index in [4.69, 9.17) is 0 Å². The monoisotopic (exact) mass is 490 g/mol. The Morgan fingerprint density at radius 1 is 1.33 bits per heavy atom. The van der Waals surface area contributed by atoms with Crippen LogP contribution in [0.25, 0.3) is 0 Å². The van der Waals surface area contributed by atoms with Crippen molar-refractivity contribution < 1.29 is 8.78 Å². The van der Waals surface area contributed by atoms with Gasteiger partial charge in [-0.1, -0.05) is 20.1 Å². The Kier molecular flexibility index (Phi) is 8.59. The minimum Gasteiger partial charge on any atom is -0.352 e. The number of nitriles is 1. The molecule has 1 aliphatic rings. The van der Waals surface area contributed by atoms with Gasteiger partial charge < -0.3 is 15.5 Å². The first-order valence-electron chi connectivity index (χ1n) is 11.9. The molecule has 0 bridgehead atoms. The zero-order chi connectivity index (χ0) is 26.4. The van der Waals surface area contributed by atoms with Crippen LogP contribution in [0.15, 0.2) is 65.7 Å². The largest absolute Gasteiger partial charge is 0.352 e. The predicted molar refractivity (Wildman–Crippen MR) is 141 cm³/mol. The summed E-state index contributed by atoms with van der Waals surface area (Å²) < 4.78 is 30.7. The summed E-state index contributed by atoms with van der Waals surface area (Å²) in [5.74, 6) is -0.861. The molecule has 0 radical (unpaired) electrons. The summed E-state index contributed by atoms with van der Waals surface area (Å²) in [5, 5.41) is 15.4. The molecule has 1 aromatic heterocycles. The Morgan fingerprint density at radius 3 is 2.72 bits per heavy atom. The van der Waals surface area contributed by atoms with Crippen molar-refractivity contribution in [1.82, 2.24) is 15.2 Å². The van der Waals surface area contributed by atoms with E-state index in [1.165, 1.54) is 18.3 Å². The summed E-state index contributed by atoms with van der Waals surface area (Å²) in [4.78, 5) is 10.3. The molecule has 8 heteroatoms. The van der Waals surface area contributed by atoms with Gasteiger partial charge in [-0.3, -0.25) is 9.98 Å². The van der Waals surface area contributed by atoms with E-state index in [0.29, 0.717) is 42.8 Å². The molecule has 1 fully saturated rings. The van der Waals surface area contributed by atoms with Crippen molar-refractivity contribution in [3.8, 4) is 6.07 Å². The van der Waals surface area contributed by atoms with Crippen LogP contribution >= 0.6 is 0 Å². The maximum atomic E-state index is 15.7. The number of aromatic nitrogens is 1. The third kappa shape index (κ3) is 5.62. The van der Waals surface area contributed by atoms with Gasteiger partial charge in [0.2, 0.25) is 0 Å². The van der Waals surface area contributed by atoms with Crippen molar-refractivity contribution in [3.05, 3.63) is 89.2 Å². The quantitative estimate of drug-likeness (QED) is 0.353. The molecule has 1 aliphatic heterocycles. The Bertz CT molecular complexity index is 1270. The Hall–Kier alpha value is -3.99. The second-order valence-corrected chi connectivity index (χ2v) is 8.69. The minimum atomic E-state index is -0.640. The minimum absolute atomic E-state index is 0.0388. The van der Waals surface area contributed by atoms with E-state index in [1.807, 2.05) is 31.7 Å². The van der Waals surface area contributed by atoms with Crippen LogP contribution in [0.5, 0.6) is 0 Å². The number of benzene rings is 1. The number of halogens is 2. The van der Waals surface area contributed by atoms with Gasteiger partial charge in [0.25, 0.3) is 0 Å².